The van der Waals surface area contributed by atoms with Crippen molar-refractivity contribution < 1.29 is 13.2 Å². The minimum Gasteiger partial charge on any atom is -0.494 e. The molecule has 1 aromatic heterocycles. The van der Waals surface area contributed by atoms with Gasteiger partial charge in [-0.2, -0.15) is 0 Å². The molecule has 0 amide bonds. The number of hydrogen-bond acceptors (Lipinski definition) is 5. The predicted molar refractivity (Wildman–Crippen MR) is 59.5 cm³/mol. The third-order valence-corrected chi connectivity index (χ3v) is 3.68. The van der Waals surface area contributed by atoms with E-state index in [1.165, 1.54) is 19.5 Å². The summed E-state index contributed by atoms with van der Waals surface area (Å²) in [6.45, 7) is 1.76. The Labute approximate surface area is 94.9 Å². The molecule has 0 spiro atoms. The van der Waals surface area contributed by atoms with Crippen molar-refractivity contribution in [1.82, 2.24) is 9.97 Å². The molecule has 0 aliphatic rings. The molecule has 16 heavy (non-hydrogen) atoms. The summed E-state index contributed by atoms with van der Waals surface area (Å²) in [5.74, 6) is 0.981. The van der Waals surface area contributed by atoms with E-state index >= 15 is 0 Å². The van der Waals surface area contributed by atoms with Crippen LogP contribution in [0.3, 0.4) is 0 Å². The van der Waals surface area contributed by atoms with Gasteiger partial charge in [0.15, 0.2) is 5.75 Å². The zero-order valence-corrected chi connectivity index (χ0v) is 10.1. The molecule has 1 unspecified atom stereocenters. The van der Waals surface area contributed by atoms with Gasteiger partial charge in [0.2, 0.25) is 10.0 Å². The molecule has 1 rings (SSSR count). The Morgan fingerprint density at radius 3 is 2.38 bits per heavy atom. The first-order valence-electron chi connectivity index (χ1n) is 4.84. The fourth-order valence-electron chi connectivity index (χ4n) is 1.25. The molecule has 0 fully saturated rings. The normalized spacial score (nSPS) is 13.4. The standard InChI is InChI=1S/C9H15N3O3S/c1-3-8(16(10,13)14)4-9-11-5-7(15-2)6-12-9/h5-6,8H,3-4H2,1-2H3,(H2,10,13,14). The van der Waals surface area contributed by atoms with Gasteiger partial charge in [-0.1, -0.05) is 6.92 Å². The molecular formula is C9H15N3O3S. The third-order valence-electron chi connectivity index (χ3n) is 2.25. The Hall–Kier alpha value is -1.21. The minimum absolute atomic E-state index is 0.222. The smallest absolute Gasteiger partial charge is 0.212 e. The lowest BCUT2D eigenvalue weighted by Crippen LogP contribution is -2.30. The lowest BCUT2D eigenvalue weighted by molar-refractivity contribution is 0.410. The van der Waals surface area contributed by atoms with Gasteiger partial charge < -0.3 is 4.74 Å². The second-order valence-corrected chi connectivity index (χ2v) is 5.21. The van der Waals surface area contributed by atoms with Crippen LogP contribution in [0.5, 0.6) is 5.75 Å². The Bertz CT molecular complexity index is 430. The summed E-state index contributed by atoms with van der Waals surface area (Å²) in [4.78, 5) is 7.99. The van der Waals surface area contributed by atoms with Gasteiger partial charge in [-0.05, 0) is 6.42 Å². The van der Waals surface area contributed by atoms with Crippen LogP contribution in [-0.4, -0.2) is 30.7 Å². The molecule has 6 nitrogen and oxygen atoms in total. The van der Waals surface area contributed by atoms with E-state index in [9.17, 15) is 8.42 Å². The van der Waals surface area contributed by atoms with Gasteiger partial charge in [-0.15, -0.1) is 0 Å². The zero-order valence-electron chi connectivity index (χ0n) is 9.25. The summed E-state index contributed by atoms with van der Waals surface area (Å²) >= 11 is 0. The minimum atomic E-state index is -3.54. The molecule has 90 valence electrons. The number of aromatic nitrogens is 2. The lowest BCUT2D eigenvalue weighted by atomic mass is 10.2. The molecule has 0 aromatic carbocycles. The second-order valence-electron chi connectivity index (χ2n) is 3.36. The quantitative estimate of drug-likeness (QED) is 0.793. The van der Waals surface area contributed by atoms with Crippen molar-refractivity contribution in [3.05, 3.63) is 18.2 Å². The van der Waals surface area contributed by atoms with Crippen LogP contribution in [0.4, 0.5) is 0 Å². The second kappa shape index (κ2) is 5.22. The van der Waals surface area contributed by atoms with Crippen molar-refractivity contribution in [1.29, 1.82) is 0 Å². The molecule has 0 radical (unpaired) electrons. The Morgan fingerprint density at radius 2 is 2.00 bits per heavy atom. The van der Waals surface area contributed by atoms with Crippen LogP contribution in [0.25, 0.3) is 0 Å². The van der Waals surface area contributed by atoms with Gasteiger partial charge in [0.25, 0.3) is 0 Å². The van der Waals surface area contributed by atoms with Crippen LogP contribution in [0.2, 0.25) is 0 Å². The maximum absolute atomic E-state index is 11.2. The number of sulfonamides is 1. The van der Waals surface area contributed by atoms with E-state index in [1.807, 2.05) is 0 Å². The van der Waals surface area contributed by atoms with Gasteiger partial charge in [-0.3, -0.25) is 0 Å². The SMILES string of the molecule is CCC(Cc1ncc(OC)cn1)S(N)(=O)=O. The number of nitrogens with two attached hydrogens (primary N) is 1. The van der Waals surface area contributed by atoms with Crippen LogP contribution >= 0.6 is 0 Å². The zero-order chi connectivity index (χ0) is 12.2. The first-order valence-corrected chi connectivity index (χ1v) is 6.44. The molecule has 1 heterocycles. The highest BCUT2D eigenvalue weighted by Crippen LogP contribution is 2.10. The highest BCUT2D eigenvalue weighted by atomic mass is 32.2. The van der Waals surface area contributed by atoms with Crippen molar-refractivity contribution in [2.75, 3.05) is 7.11 Å². The van der Waals surface area contributed by atoms with Gasteiger partial charge >= 0.3 is 0 Å². The number of methoxy groups -OCH3 is 1. The lowest BCUT2D eigenvalue weighted by Gasteiger charge is -2.10. The topological polar surface area (TPSA) is 95.2 Å². The average Bonchev–Trinajstić information content (AvgIpc) is 2.25. The largest absolute Gasteiger partial charge is 0.494 e. The fourth-order valence-corrected chi connectivity index (χ4v) is 2.10. The summed E-state index contributed by atoms with van der Waals surface area (Å²) in [5, 5.41) is 4.45. The number of rotatable bonds is 5. The number of primary sulfonamides is 1. The van der Waals surface area contributed by atoms with Crippen LogP contribution in [0, 0.1) is 0 Å². The van der Waals surface area contributed by atoms with Gasteiger partial charge in [0.05, 0.1) is 24.8 Å². The van der Waals surface area contributed by atoms with Gasteiger partial charge in [-0.25, -0.2) is 23.5 Å². The first-order chi connectivity index (χ1) is 7.47. The maximum atomic E-state index is 11.2. The summed E-state index contributed by atoms with van der Waals surface area (Å²) in [7, 11) is -2.03. The molecule has 1 aromatic rings. The van der Waals surface area contributed by atoms with E-state index in [0.717, 1.165) is 0 Å². The fraction of sp³-hybridized carbons (Fsp3) is 0.556. The molecule has 7 heteroatoms. The highest BCUT2D eigenvalue weighted by molar-refractivity contribution is 7.89. The predicted octanol–water partition coefficient (Wildman–Crippen LogP) is 0.0948. The van der Waals surface area contributed by atoms with Crippen molar-refractivity contribution in [2.45, 2.75) is 25.0 Å². The molecule has 0 saturated carbocycles. The number of ether oxygens (including phenoxy) is 1. The monoisotopic (exact) mass is 245 g/mol. The summed E-state index contributed by atoms with van der Waals surface area (Å²) < 4.78 is 27.3. The van der Waals surface area contributed by atoms with Crippen molar-refractivity contribution in [2.24, 2.45) is 5.14 Å². The summed E-state index contributed by atoms with van der Waals surface area (Å²) in [6, 6.07) is 0. The molecular weight excluding hydrogens is 230 g/mol. The summed E-state index contributed by atoms with van der Waals surface area (Å²) in [6.07, 6.45) is 3.66. The molecule has 2 N–H and O–H groups in total. The molecule has 0 aliphatic heterocycles. The Morgan fingerprint density at radius 1 is 1.44 bits per heavy atom. The number of nitrogens with zero attached hydrogens (tertiary/aromatic N) is 2. The van der Waals surface area contributed by atoms with E-state index in [1.54, 1.807) is 6.92 Å². The van der Waals surface area contributed by atoms with Gasteiger partial charge in [0, 0.05) is 6.42 Å². The molecule has 0 saturated heterocycles. The van der Waals surface area contributed by atoms with Crippen LogP contribution in [-0.2, 0) is 16.4 Å². The number of hydrogen-bond donors (Lipinski definition) is 1. The molecule has 0 aliphatic carbocycles. The van der Waals surface area contributed by atoms with E-state index in [4.69, 9.17) is 9.88 Å². The Kier molecular flexibility index (Phi) is 4.19. The highest BCUT2D eigenvalue weighted by Gasteiger charge is 2.20. The van der Waals surface area contributed by atoms with E-state index < -0.39 is 15.3 Å². The molecule has 0 bridgehead atoms. The van der Waals surface area contributed by atoms with Crippen LogP contribution < -0.4 is 9.88 Å². The maximum Gasteiger partial charge on any atom is 0.212 e. The molecule has 1 atom stereocenters. The van der Waals surface area contributed by atoms with E-state index in [-0.39, 0.29) is 6.42 Å². The van der Waals surface area contributed by atoms with Crippen LogP contribution in [0.1, 0.15) is 19.2 Å². The van der Waals surface area contributed by atoms with Crippen molar-refractivity contribution in [3.8, 4) is 5.75 Å². The van der Waals surface area contributed by atoms with E-state index in [0.29, 0.717) is 18.0 Å². The van der Waals surface area contributed by atoms with Crippen molar-refractivity contribution in [3.63, 3.8) is 0 Å². The Balaban J connectivity index is 2.79. The van der Waals surface area contributed by atoms with E-state index in [2.05, 4.69) is 9.97 Å². The van der Waals surface area contributed by atoms with Crippen molar-refractivity contribution >= 4 is 10.0 Å². The summed E-state index contributed by atoms with van der Waals surface area (Å²) in [5.41, 5.74) is 0. The average molecular weight is 245 g/mol. The first kappa shape index (κ1) is 12.9. The van der Waals surface area contributed by atoms with Crippen LogP contribution in [0.15, 0.2) is 12.4 Å². The van der Waals surface area contributed by atoms with Gasteiger partial charge in [0.1, 0.15) is 5.82 Å². The third kappa shape index (κ3) is 3.42.